The number of nitrogens with zero attached hydrogens (tertiary/aromatic N) is 3. The van der Waals surface area contributed by atoms with E-state index in [1.54, 1.807) is 0 Å². The van der Waals surface area contributed by atoms with E-state index in [4.69, 9.17) is 0 Å². The van der Waals surface area contributed by atoms with E-state index >= 15 is 0 Å². The van der Waals surface area contributed by atoms with Crippen molar-refractivity contribution < 1.29 is 0 Å². The van der Waals surface area contributed by atoms with Gasteiger partial charge < -0.3 is 13.7 Å². The van der Waals surface area contributed by atoms with Gasteiger partial charge in [0.25, 0.3) is 13.4 Å². The summed E-state index contributed by atoms with van der Waals surface area (Å²) in [5.41, 5.74) is 20.7. The largest absolute Gasteiger partial charge is 0.311 e. The molecule has 0 fully saturated rings. The molecule has 4 aromatic heterocycles. The van der Waals surface area contributed by atoms with Gasteiger partial charge in [0.05, 0.1) is 16.6 Å². The molecule has 0 saturated carbocycles. The molecular formula is C48H23B2N3S. The van der Waals surface area contributed by atoms with E-state index in [-0.39, 0.29) is 13.4 Å². The molecule has 4 aliphatic heterocycles. The fourth-order valence-electron chi connectivity index (χ4n) is 12.0. The second-order valence-corrected chi connectivity index (χ2v) is 16.9. The predicted molar refractivity (Wildman–Crippen MR) is 232 cm³/mol. The summed E-state index contributed by atoms with van der Waals surface area (Å²) >= 11 is 1.97. The van der Waals surface area contributed by atoms with Crippen LogP contribution in [0.1, 0.15) is 0 Å². The molecule has 8 heterocycles. The van der Waals surface area contributed by atoms with Crippen LogP contribution >= 0.6 is 11.3 Å². The summed E-state index contributed by atoms with van der Waals surface area (Å²) in [6.07, 6.45) is 0. The van der Waals surface area contributed by atoms with Crippen molar-refractivity contribution in [2.24, 2.45) is 0 Å². The van der Waals surface area contributed by atoms with Crippen LogP contribution in [0, 0.1) is 0 Å². The van der Waals surface area contributed by atoms with Gasteiger partial charge in [0, 0.05) is 86.1 Å². The van der Waals surface area contributed by atoms with Gasteiger partial charge in [-0.15, -0.1) is 11.3 Å². The van der Waals surface area contributed by atoms with E-state index in [2.05, 4.69) is 153 Å². The van der Waals surface area contributed by atoms with Crippen LogP contribution in [-0.4, -0.2) is 27.1 Å². The summed E-state index contributed by atoms with van der Waals surface area (Å²) in [6.45, 7) is 0.226. The lowest BCUT2D eigenvalue weighted by molar-refractivity contribution is 1.11. The monoisotopic (exact) mass is 695 g/mol. The third-order valence-electron chi connectivity index (χ3n) is 13.8. The summed E-state index contributed by atoms with van der Waals surface area (Å²) in [7, 11) is 0. The molecule has 0 amide bonds. The third-order valence-corrected chi connectivity index (χ3v) is 15.0. The van der Waals surface area contributed by atoms with Gasteiger partial charge in [-0.05, 0) is 57.0 Å². The van der Waals surface area contributed by atoms with Crippen LogP contribution < -0.4 is 32.8 Å². The summed E-state index contributed by atoms with van der Waals surface area (Å²) in [5, 5.41) is 10.9. The molecule has 0 N–H and O–H groups in total. The Kier molecular flexibility index (Phi) is 4.06. The number of thiophene rings is 1. The van der Waals surface area contributed by atoms with E-state index in [9.17, 15) is 0 Å². The number of hydrogen-bond acceptors (Lipinski definition) is 1. The maximum absolute atomic E-state index is 2.75. The van der Waals surface area contributed by atoms with Crippen molar-refractivity contribution in [3.05, 3.63) is 140 Å². The first-order valence-corrected chi connectivity index (χ1v) is 19.8. The van der Waals surface area contributed by atoms with Gasteiger partial charge in [0.1, 0.15) is 0 Å². The van der Waals surface area contributed by atoms with E-state index < -0.39 is 0 Å². The van der Waals surface area contributed by atoms with Gasteiger partial charge in [-0.2, -0.15) is 0 Å². The number of aromatic nitrogens is 3. The zero-order valence-electron chi connectivity index (χ0n) is 28.7. The molecule has 0 spiro atoms. The average molecular weight is 695 g/mol. The predicted octanol–water partition coefficient (Wildman–Crippen LogP) is 7.63. The quantitative estimate of drug-likeness (QED) is 0.145. The summed E-state index contributed by atoms with van der Waals surface area (Å²) < 4.78 is 10.8. The number of hydrogen-bond donors (Lipinski definition) is 0. The topological polar surface area (TPSA) is 14.8 Å². The van der Waals surface area contributed by atoms with Crippen molar-refractivity contribution in [2.75, 3.05) is 0 Å². The van der Waals surface area contributed by atoms with Crippen LogP contribution in [0.5, 0.6) is 0 Å². The Labute approximate surface area is 312 Å². The standard InChI is InChI=1S/C48H23B2N3S/c1-4-19-35-24(10-1)27-13-7-16-31-43(27)51(35)37-23-38-42-47-41(37)49(31)33-18-9-15-29-40-46(53(47)45(29)33)34(22-30-26-12-3-6-21-39(26)54-48(30)40)50(42)32-17-8-14-28-25-11-2-5-20-36(25)52(38)44(28)32/h1-23H. The number of benzene rings is 8. The molecule has 12 aromatic rings. The Hall–Kier alpha value is -6.49. The molecule has 4 aliphatic rings. The minimum Gasteiger partial charge on any atom is -0.311 e. The van der Waals surface area contributed by atoms with Crippen molar-refractivity contribution in [3.8, 4) is 17.1 Å². The molecule has 0 saturated heterocycles. The molecule has 54 heavy (non-hydrogen) atoms. The first kappa shape index (κ1) is 26.3. The Morgan fingerprint density at radius 2 is 0.907 bits per heavy atom. The first-order valence-electron chi connectivity index (χ1n) is 19.0. The third kappa shape index (κ3) is 2.54. The van der Waals surface area contributed by atoms with Gasteiger partial charge in [0.2, 0.25) is 0 Å². The molecule has 242 valence electrons. The average Bonchev–Trinajstić information content (AvgIpc) is 3.97. The first-order chi connectivity index (χ1) is 26.8. The molecule has 0 atom stereocenters. The van der Waals surface area contributed by atoms with Crippen molar-refractivity contribution in [1.29, 1.82) is 0 Å². The zero-order chi connectivity index (χ0) is 34.3. The van der Waals surface area contributed by atoms with E-state index in [1.165, 1.54) is 135 Å². The van der Waals surface area contributed by atoms with Gasteiger partial charge in [0.15, 0.2) is 0 Å². The highest BCUT2D eigenvalue weighted by Gasteiger charge is 2.49. The van der Waals surface area contributed by atoms with Crippen molar-refractivity contribution >= 4 is 143 Å². The molecule has 0 bridgehead atoms. The Morgan fingerprint density at radius 1 is 0.389 bits per heavy atom. The molecule has 3 nitrogen and oxygen atoms in total. The molecule has 16 rings (SSSR count). The van der Waals surface area contributed by atoms with Crippen LogP contribution in [0.2, 0.25) is 0 Å². The van der Waals surface area contributed by atoms with Crippen LogP contribution in [0.3, 0.4) is 0 Å². The minimum atomic E-state index is 0.101. The summed E-state index contributed by atoms with van der Waals surface area (Å²) in [6, 6.07) is 53.7. The molecule has 0 unspecified atom stereocenters. The lowest BCUT2D eigenvalue weighted by atomic mass is 9.30. The smallest absolute Gasteiger partial charge is 0.252 e. The second kappa shape index (κ2) is 8.33. The normalized spacial score (nSPS) is 14.2. The maximum Gasteiger partial charge on any atom is 0.252 e. The molecular weight excluding hydrogens is 672 g/mol. The van der Waals surface area contributed by atoms with Crippen LogP contribution in [0.4, 0.5) is 0 Å². The highest BCUT2D eigenvalue weighted by Crippen LogP contribution is 2.47. The zero-order valence-corrected chi connectivity index (χ0v) is 29.5. The van der Waals surface area contributed by atoms with Gasteiger partial charge >= 0.3 is 0 Å². The van der Waals surface area contributed by atoms with E-state index in [0.29, 0.717) is 0 Å². The number of para-hydroxylation sites is 5. The van der Waals surface area contributed by atoms with Crippen molar-refractivity contribution in [3.63, 3.8) is 0 Å². The fraction of sp³-hybridized carbons (Fsp3) is 0. The Bertz CT molecular complexity index is 3870. The van der Waals surface area contributed by atoms with Crippen LogP contribution in [-0.2, 0) is 0 Å². The lowest BCUT2D eigenvalue weighted by Crippen LogP contribution is -2.66. The maximum atomic E-state index is 2.75. The summed E-state index contributed by atoms with van der Waals surface area (Å²) in [5.74, 6) is 0. The van der Waals surface area contributed by atoms with Crippen LogP contribution in [0.25, 0.3) is 103 Å². The van der Waals surface area contributed by atoms with E-state index in [0.717, 1.165) is 0 Å². The Morgan fingerprint density at radius 3 is 1.56 bits per heavy atom. The minimum absolute atomic E-state index is 0.101. The van der Waals surface area contributed by atoms with Crippen LogP contribution in [0.15, 0.2) is 140 Å². The number of fused-ring (bicyclic) bond motifs is 17. The van der Waals surface area contributed by atoms with Crippen molar-refractivity contribution in [2.45, 2.75) is 0 Å². The molecule has 6 heteroatoms. The SMILES string of the molecule is c1ccc2c(c1)sc1c2cc2c3c1c1cccc4c1n3-c1c3c(cc5c1B2c1cccc2c6ccccc6n-5c12)-n1c2ccccc2c2cccc(c21)B34. The molecule has 0 aliphatic carbocycles. The van der Waals surface area contributed by atoms with Gasteiger partial charge in [-0.1, -0.05) is 115 Å². The second-order valence-electron chi connectivity index (χ2n) is 15.9. The lowest BCUT2D eigenvalue weighted by Gasteiger charge is -2.41. The van der Waals surface area contributed by atoms with Crippen molar-refractivity contribution in [1.82, 2.24) is 13.7 Å². The van der Waals surface area contributed by atoms with Gasteiger partial charge in [-0.25, -0.2) is 0 Å². The fourth-order valence-corrected chi connectivity index (χ4v) is 13.3. The molecule has 8 aromatic carbocycles. The van der Waals surface area contributed by atoms with E-state index in [1.807, 2.05) is 11.3 Å². The number of rotatable bonds is 0. The van der Waals surface area contributed by atoms with Gasteiger partial charge in [-0.3, -0.25) is 0 Å². The summed E-state index contributed by atoms with van der Waals surface area (Å²) in [4.78, 5) is 0. The molecule has 0 radical (unpaired) electrons. The highest BCUT2D eigenvalue weighted by molar-refractivity contribution is 7.27. The highest BCUT2D eigenvalue weighted by atomic mass is 32.1. The Balaban J connectivity index is 1.24.